The van der Waals surface area contributed by atoms with Gasteiger partial charge in [-0.25, -0.2) is 0 Å². The number of piperidine rings is 1. The Balaban J connectivity index is 1.92. The van der Waals surface area contributed by atoms with Crippen LogP contribution < -0.4 is 10.1 Å². The molecule has 1 atom stereocenters. The molecule has 1 N–H and O–H groups in total. The predicted molar refractivity (Wildman–Crippen MR) is 77.7 cm³/mol. The maximum atomic E-state index is 12.2. The van der Waals surface area contributed by atoms with Crippen LogP contribution in [0.15, 0.2) is 30.3 Å². The van der Waals surface area contributed by atoms with Crippen LogP contribution >= 0.6 is 0 Å². The summed E-state index contributed by atoms with van der Waals surface area (Å²) in [5.41, 5.74) is -0.428. The van der Waals surface area contributed by atoms with E-state index < -0.39 is 5.41 Å². The minimum absolute atomic E-state index is 0.0936. The second-order valence-corrected chi connectivity index (χ2v) is 5.19. The zero-order valence-corrected chi connectivity index (χ0v) is 12.1. The topological polar surface area (TPSA) is 47.6 Å². The number of nitrogens with one attached hydrogen (secondary N) is 1. The van der Waals surface area contributed by atoms with Crippen LogP contribution in [0.1, 0.15) is 26.2 Å². The summed E-state index contributed by atoms with van der Waals surface area (Å²) in [6.07, 6.45) is 2.56. The molecule has 20 heavy (non-hydrogen) atoms. The normalized spacial score (nSPS) is 22.2. The number of rotatable bonds is 6. The third kappa shape index (κ3) is 3.73. The minimum atomic E-state index is -0.428. The van der Waals surface area contributed by atoms with Crippen LogP contribution in [0.5, 0.6) is 5.75 Å². The van der Waals surface area contributed by atoms with Gasteiger partial charge in [0.25, 0.3) is 0 Å². The second-order valence-electron chi connectivity index (χ2n) is 5.19. The van der Waals surface area contributed by atoms with Gasteiger partial charge in [0.2, 0.25) is 0 Å². The van der Waals surface area contributed by atoms with Gasteiger partial charge in [0.05, 0.1) is 18.6 Å². The van der Waals surface area contributed by atoms with Crippen molar-refractivity contribution in [3.05, 3.63) is 30.3 Å². The van der Waals surface area contributed by atoms with Crippen molar-refractivity contribution in [3.63, 3.8) is 0 Å². The fraction of sp³-hybridized carbons (Fsp3) is 0.562. The zero-order chi connectivity index (χ0) is 14.3. The summed E-state index contributed by atoms with van der Waals surface area (Å²) in [5.74, 6) is 0.749. The van der Waals surface area contributed by atoms with Crippen molar-refractivity contribution in [1.29, 1.82) is 0 Å². The number of hydrogen-bond acceptors (Lipinski definition) is 4. The van der Waals surface area contributed by atoms with Gasteiger partial charge < -0.3 is 14.8 Å². The third-order valence-electron chi connectivity index (χ3n) is 3.77. The van der Waals surface area contributed by atoms with Gasteiger partial charge in [0, 0.05) is 6.54 Å². The quantitative estimate of drug-likeness (QED) is 0.811. The molecule has 0 amide bonds. The Morgan fingerprint density at radius 2 is 2.15 bits per heavy atom. The molecule has 1 saturated heterocycles. The van der Waals surface area contributed by atoms with Gasteiger partial charge in [-0.05, 0) is 44.9 Å². The standard InChI is InChI=1S/C16H23NO3/c1-2-19-15(18)16(9-6-11-17-13-16)10-12-20-14-7-4-3-5-8-14/h3-5,7-8,17H,2,6,9-13H2,1H3/t16-/m0/s1. The Kier molecular flexibility index (Phi) is 5.41. The van der Waals surface area contributed by atoms with Crippen molar-refractivity contribution in [2.24, 2.45) is 5.41 Å². The Bertz CT molecular complexity index is 413. The molecule has 4 heteroatoms. The van der Waals surface area contributed by atoms with Crippen LogP contribution in [0, 0.1) is 5.41 Å². The van der Waals surface area contributed by atoms with Crippen molar-refractivity contribution in [2.75, 3.05) is 26.3 Å². The van der Waals surface area contributed by atoms with E-state index in [2.05, 4.69) is 5.32 Å². The Labute approximate surface area is 120 Å². The smallest absolute Gasteiger partial charge is 0.313 e. The first-order valence-corrected chi connectivity index (χ1v) is 7.33. The summed E-state index contributed by atoms with van der Waals surface area (Å²) in [6.45, 7) is 4.47. The lowest BCUT2D eigenvalue weighted by atomic mass is 9.78. The molecule has 0 saturated carbocycles. The number of ether oxygens (including phenoxy) is 2. The van der Waals surface area contributed by atoms with Gasteiger partial charge in [-0.2, -0.15) is 0 Å². The number of esters is 1. The highest BCUT2D eigenvalue weighted by Gasteiger charge is 2.40. The third-order valence-corrected chi connectivity index (χ3v) is 3.77. The van der Waals surface area contributed by atoms with Gasteiger partial charge in [-0.15, -0.1) is 0 Å². The van der Waals surface area contributed by atoms with Crippen LogP contribution in [0.4, 0.5) is 0 Å². The molecule has 1 fully saturated rings. The highest BCUT2D eigenvalue weighted by molar-refractivity contribution is 5.77. The SMILES string of the molecule is CCOC(=O)[C@]1(CCOc2ccccc2)CCCNC1. The Morgan fingerprint density at radius 3 is 2.80 bits per heavy atom. The maximum absolute atomic E-state index is 12.2. The van der Waals surface area contributed by atoms with E-state index >= 15 is 0 Å². The fourth-order valence-electron chi connectivity index (χ4n) is 2.62. The first-order chi connectivity index (χ1) is 9.77. The van der Waals surface area contributed by atoms with Crippen LogP contribution in [-0.4, -0.2) is 32.3 Å². The van der Waals surface area contributed by atoms with E-state index in [0.717, 1.165) is 25.1 Å². The van der Waals surface area contributed by atoms with E-state index in [1.54, 1.807) is 0 Å². The maximum Gasteiger partial charge on any atom is 0.313 e. The van der Waals surface area contributed by atoms with E-state index in [4.69, 9.17) is 9.47 Å². The average molecular weight is 277 g/mol. The number of carbonyl (C=O) groups excluding carboxylic acids is 1. The van der Waals surface area contributed by atoms with Crippen LogP contribution in [0.2, 0.25) is 0 Å². The van der Waals surface area contributed by atoms with Crippen molar-refractivity contribution in [1.82, 2.24) is 5.32 Å². The molecule has 2 rings (SSSR count). The summed E-state index contributed by atoms with van der Waals surface area (Å²) in [5, 5.41) is 3.31. The number of hydrogen-bond donors (Lipinski definition) is 1. The molecule has 1 aromatic rings. The van der Waals surface area contributed by atoms with Crippen molar-refractivity contribution in [2.45, 2.75) is 26.2 Å². The molecule has 1 aliphatic heterocycles. The fourth-order valence-corrected chi connectivity index (χ4v) is 2.62. The van der Waals surface area contributed by atoms with Crippen molar-refractivity contribution >= 4 is 5.97 Å². The Morgan fingerprint density at radius 1 is 1.35 bits per heavy atom. The Hall–Kier alpha value is -1.55. The molecule has 0 aromatic heterocycles. The summed E-state index contributed by atoms with van der Waals surface area (Å²) >= 11 is 0. The largest absolute Gasteiger partial charge is 0.494 e. The molecule has 110 valence electrons. The lowest BCUT2D eigenvalue weighted by Crippen LogP contribution is -2.47. The van der Waals surface area contributed by atoms with Crippen molar-refractivity contribution < 1.29 is 14.3 Å². The van der Waals surface area contributed by atoms with Gasteiger partial charge in [-0.1, -0.05) is 18.2 Å². The highest BCUT2D eigenvalue weighted by Crippen LogP contribution is 2.32. The molecular weight excluding hydrogens is 254 g/mol. The summed E-state index contributed by atoms with van der Waals surface area (Å²) < 4.78 is 11.0. The summed E-state index contributed by atoms with van der Waals surface area (Å²) in [6, 6.07) is 9.70. The van der Waals surface area contributed by atoms with E-state index in [0.29, 0.717) is 26.2 Å². The lowest BCUT2D eigenvalue weighted by molar-refractivity contribution is -0.157. The molecule has 0 unspecified atom stereocenters. The average Bonchev–Trinajstić information content (AvgIpc) is 2.49. The number of para-hydroxylation sites is 1. The number of carbonyl (C=O) groups is 1. The molecule has 0 spiro atoms. The van der Waals surface area contributed by atoms with E-state index in [1.807, 2.05) is 37.3 Å². The molecular formula is C16H23NO3. The van der Waals surface area contributed by atoms with E-state index in [1.165, 1.54) is 0 Å². The van der Waals surface area contributed by atoms with Crippen LogP contribution in [0.25, 0.3) is 0 Å². The summed E-state index contributed by atoms with van der Waals surface area (Å²) in [4.78, 5) is 12.2. The monoisotopic (exact) mass is 277 g/mol. The molecule has 4 nitrogen and oxygen atoms in total. The van der Waals surface area contributed by atoms with Gasteiger partial charge in [-0.3, -0.25) is 4.79 Å². The molecule has 0 bridgehead atoms. The first-order valence-electron chi connectivity index (χ1n) is 7.33. The molecule has 1 heterocycles. The van der Waals surface area contributed by atoms with Crippen LogP contribution in [0.3, 0.4) is 0 Å². The van der Waals surface area contributed by atoms with Gasteiger partial charge in [0.15, 0.2) is 0 Å². The van der Waals surface area contributed by atoms with E-state index in [-0.39, 0.29) is 5.97 Å². The molecule has 0 aliphatic carbocycles. The van der Waals surface area contributed by atoms with Gasteiger partial charge in [0.1, 0.15) is 5.75 Å². The zero-order valence-electron chi connectivity index (χ0n) is 12.1. The highest BCUT2D eigenvalue weighted by atomic mass is 16.5. The summed E-state index contributed by atoms with van der Waals surface area (Å²) in [7, 11) is 0. The van der Waals surface area contributed by atoms with E-state index in [9.17, 15) is 4.79 Å². The first kappa shape index (κ1) is 14.9. The second kappa shape index (κ2) is 7.29. The van der Waals surface area contributed by atoms with Crippen molar-refractivity contribution in [3.8, 4) is 5.75 Å². The van der Waals surface area contributed by atoms with Gasteiger partial charge >= 0.3 is 5.97 Å². The van der Waals surface area contributed by atoms with Crippen LogP contribution in [-0.2, 0) is 9.53 Å². The molecule has 1 aromatic carbocycles. The minimum Gasteiger partial charge on any atom is -0.494 e. The molecule has 1 aliphatic rings. The predicted octanol–water partition coefficient (Wildman–Crippen LogP) is 2.39. The molecule has 0 radical (unpaired) electrons. The number of benzene rings is 1. The lowest BCUT2D eigenvalue weighted by Gasteiger charge is -2.35.